The van der Waals surface area contributed by atoms with Crippen molar-refractivity contribution in [1.82, 2.24) is 24.3 Å². The monoisotopic (exact) mass is 339 g/mol. The lowest BCUT2D eigenvalue weighted by atomic mass is 10.4. The zero-order valence-electron chi connectivity index (χ0n) is 10.3. The lowest BCUT2D eigenvalue weighted by Gasteiger charge is -2.02. The molecular weight excluding hydrogens is 330 g/mol. The van der Waals surface area contributed by atoms with Gasteiger partial charge < -0.3 is 0 Å². The lowest BCUT2D eigenvalue weighted by molar-refractivity contribution is 0.724. The quantitative estimate of drug-likeness (QED) is 0.712. The van der Waals surface area contributed by atoms with Gasteiger partial charge in [-0.3, -0.25) is 9.36 Å². The van der Waals surface area contributed by atoms with Crippen LogP contribution >= 0.6 is 27.3 Å². The molecule has 0 aliphatic carbocycles. The average molecular weight is 340 g/mol. The Morgan fingerprint density at radius 1 is 1.47 bits per heavy atom. The van der Waals surface area contributed by atoms with Crippen LogP contribution in [0.5, 0.6) is 0 Å². The first-order chi connectivity index (χ1) is 9.06. The van der Waals surface area contributed by atoms with Gasteiger partial charge in [0.1, 0.15) is 16.3 Å². The van der Waals surface area contributed by atoms with Crippen LogP contribution in [0.2, 0.25) is 0 Å². The fraction of sp³-hybridized carbons (Fsp3) is 0.273. The highest BCUT2D eigenvalue weighted by Gasteiger charge is 2.13. The number of hydrogen-bond acceptors (Lipinski definition) is 5. The summed E-state index contributed by atoms with van der Waals surface area (Å²) in [6.45, 7) is 2.36. The number of hydrogen-bond donors (Lipinski definition) is 0. The first kappa shape index (κ1) is 12.5. The molecule has 0 saturated heterocycles. The number of fused-ring (bicyclic) bond motifs is 1. The standard InChI is InChI=1S/C11H10BrN5OS/c1-6-14-7(4-19-6)3-17-5-13-10-8(11(17)18)9(12)15-16(10)2/h4-5H,3H2,1-2H3. The highest BCUT2D eigenvalue weighted by Crippen LogP contribution is 2.17. The van der Waals surface area contributed by atoms with E-state index in [-0.39, 0.29) is 5.56 Å². The fourth-order valence-corrected chi connectivity index (χ4v) is 3.09. The molecule has 0 aromatic carbocycles. The maximum absolute atomic E-state index is 12.4. The molecule has 0 aliphatic heterocycles. The van der Waals surface area contributed by atoms with E-state index in [1.165, 1.54) is 6.33 Å². The maximum Gasteiger partial charge on any atom is 0.266 e. The van der Waals surface area contributed by atoms with Crippen LogP contribution in [0.25, 0.3) is 11.0 Å². The number of aryl methyl sites for hydroxylation is 2. The van der Waals surface area contributed by atoms with Crippen molar-refractivity contribution in [3.8, 4) is 0 Å². The van der Waals surface area contributed by atoms with Crippen molar-refractivity contribution in [2.75, 3.05) is 0 Å². The molecule has 0 N–H and O–H groups in total. The Morgan fingerprint density at radius 3 is 2.95 bits per heavy atom. The van der Waals surface area contributed by atoms with Gasteiger partial charge in [-0.1, -0.05) is 0 Å². The van der Waals surface area contributed by atoms with E-state index in [2.05, 4.69) is 31.0 Å². The van der Waals surface area contributed by atoms with Crippen LogP contribution in [-0.4, -0.2) is 24.3 Å². The Morgan fingerprint density at radius 2 is 2.26 bits per heavy atom. The van der Waals surface area contributed by atoms with E-state index < -0.39 is 0 Å². The van der Waals surface area contributed by atoms with Crippen molar-refractivity contribution in [1.29, 1.82) is 0 Å². The number of nitrogens with zero attached hydrogens (tertiary/aromatic N) is 5. The number of thiazole rings is 1. The largest absolute Gasteiger partial charge is 0.292 e. The number of aromatic nitrogens is 5. The van der Waals surface area contributed by atoms with Gasteiger partial charge in [0, 0.05) is 12.4 Å². The zero-order valence-corrected chi connectivity index (χ0v) is 12.7. The smallest absolute Gasteiger partial charge is 0.266 e. The third-order valence-electron chi connectivity index (χ3n) is 2.77. The zero-order chi connectivity index (χ0) is 13.6. The molecule has 8 heteroatoms. The van der Waals surface area contributed by atoms with Crippen molar-refractivity contribution < 1.29 is 0 Å². The van der Waals surface area contributed by atoms with Gasteiger partial charge in [0.05, 0.1) is 17.2 Å². The van der Waals surface area contributed by atoms with Gasteiger partial charge in [0.2, 0.25) is 0 Å². The van der Waals surface area contributed by atoms with E-state index in [1.54, 1.807) is 27.6 Å². The lowest BCUT2D eigenvalue weighted by Crippen LogP contribution is -2.21. The molecule has 0 unspecified atom stereocenters. The molecule has 0 radical (unpaired) electrons. The number of rotatable bonds is 2. The normalized spacial score (nSPS) is 11.3. The molecule has 3 rings (SSSR count). The van der Waals surface area contributed by atoms with E-state index in [0.29, 0.717) is 22.2 Å². The van der Waals surface area contributed by atoms with Crippen LogP contribution in [0.3, 0.4) is 0 Å². The van der Waals surface area contributed by atoms with Crippen LogP contribution in [0, 0.1) is 6.92 Å². The molecule has 0 fully saturated rings. The molecule has 3 aromatic heterocycles. The topological polar surface area (TPSA) is 65.6 Å². The molecule has 0 atom stereocenters. The van der Waals surface area contributed by atoms with Crippen molar-refractivity contribution >= 4 is 38.3 Å². The number of halogens is 1. The Balaban J connectivity index is 2.13. The molecule has 98 valence electrons. The van der Waals surface area contributed by atoms with Crippen LogP contribution in [-0.2, 0) is 13.6 Å². The average Bonchev–Trinajstić information content (AvgIpc) is 2.88. The molecule has 19 heavy (non-hydrogen) atoms. The van der Waals surface area contributed by atoms with Gasteiger partial charge in [-0.05, 0) is 22.9 Å². The summed E-state index contributed by atoms with van der Waals surface area (Å²) < 4.78 is 3.65. The van der Waals surface area contributed by atoms with Crippen molar-refractivity contribution in [2.45, 2.75) is 13.5 Å². The molecule has 3 aromatic rings. The van der Waals surface area contributed by atoms with E-state index in [0.717, 1.165) is 10.7 Å². The van der Waals surface area contributed by atoms with Crippen LogP contribution in [0.15, 0.2) is 21.1 Å². The van der Waals surface area contributed by atoms with E-state index in [4.69, 9.17) is 0 Å². The van der Waals surface area contributed by atoms with Gasteiger partial charge in [0.25, 0.3) is 5.56 Å². The first-order valence-corrected chi connectivity index (χ1v) is 7.22. The Kier molecular flexibility index (Phi) is 2.98. The summed E-state index contributed by atoms with van der Waals surface area (Å²) in [5.74, 6) is 0. The summed E-state index contributed by atoms with van der Waals surface area (Å²) in [6, 6.07) is 0. The van der Waals surface area contributed by atoms with Crippen LogP contribution in [0.4, 0.5) is 0 Å². The molecule has 6 nitrogen and oxygen atoms in total. The third kappa shape index (κ3) is 2.10. The second-order valence-electron chi connectivity index (χ2n) is 4.15. The van der Waals surface area contributed by atoms with Crippen molar-refractivity contribution in [3.05, 3.63) is 37.4 Å². The second-order valence-corrected chi connectivity index (χ2v) is 5.96. The summed E-state index contributed by atoms with van der Waals surface area (Å²) in [7, 11) is 1.76. The minimum absolute atomic E-state index is 0.115. The molecular formula is C11H10BrN5OS. The molecule has 0 amide bonds. The predicted octanol–water partition coefficient (Wildman–Crippen LogP) is 1.71. The summed E-state index contributed by atoms with van der Waals surface area (Å²) in [4.78, 5) is 21.0. The van der Waals surface area contributed by atoms with Gasteiger partial charge in [0.15, 0.2) is 5.65 Å². The Hall–Kier alpha value is -1.54. The van der Waals surface area contributed by atoms with Gasteiger partial charge in [-0.15, -0.1) is 11.3 Å². The van der Waals surface area contributed by atoms with E-state index >= 15 is 0 Å². The minimum atomic E-state index is -0.115. The van der Waals surface area contributed by atoms with Gasteiger partial charge >= 0.3 is 0 Å². The first-order valence-electron chi connectivity index (χ1n) is 5.55. The SMILES string of the molecule is Cc1nc(Cn2cnc3c(c(Br)nn3C)c2=O)cs1. The fourth-order valence-electron chi connectivity index (χ4n) is 1.90. The van der Waals surface area contributed by atoms with Crippen LogP contribution < -0.4 is 5.56 Å². The van der Waals surface area contributed by atoms with Gasteiger partial charge in [-0.2, -0.15) is 5.10 Å². The highest BCUT2D eigenvalue weighted by atomic mass is 79.9. The van der Waals surface area contributed by atoms with Crippen molar-refractivity contribution in [3.63, 3.8) is 0 Å². The molecule has 0 bridgehead atoms. The molecule has 0 spiro atoms. The second kappa shape index (κ2) is 4.53. The maximum atomic E-state index is 12.4. The predicted molar refractivity (Wildman–Crippen MR) is 76.4 cm³/mol. The molecule has 0 aliphatic rings. The molecule has 3 heterocycles. The Bertz CT molecular complexity index is 818. The summed E-state index contributed by atoms with van der Waals surface area (Å²) in [6.07, 6.45) is 1.54. The van der Waals surface area contributed by atoms with E-state index in [9.17, 15) is 4.79 Å². The highest BCUT2D eigenvalue weighted by molar-refractivity contribution is 9.10. The van der Waals surface area contributed by atoms with Crippen molar-refractivity contribution in [2.24, 2.45) is 7.05 Å². The molecule has 0 saturated carbocycles. The van der Waals surface area contributed by atoms with Crippen LogP contribution in [0.1, 0.15) is 10.7 Å². The summed E-state index contributed by atoms with van der Waals surface area (Å²) >= 11 is 4.86. The summed E-state index contributed by atoms with van der Waals surface area (Å²) in [5, 5.41) is 7.58. The van der Waals surface area contributed by atoms with E-state index in [1.807, 2.05) is 12.3 Å². The van der Waals surface area contributed by atoms with Gasteiger partial charge in [-0.25, -0.2) is 14.6 Å². The minimum Gasteiger partial charge on any atom is -0.292 e. The third-order valence-corrected chi connectivity index (χ3v) is 4.14. The Labute approximate surface area is 120 Å². The summed E-state index contributed by atoms with van der Waals surface area (Å²) in [5.41, 5.74) is 1.32.